The van der Waals surface area contributed by atoms with Crippen molar-refractivity contribution >= 4 is 6.41 Å². The van der Waals surface area contributed by atoms with Crippen molar-refractivity contribution in [1.29, 1.82) is 0 Å². The first-order chi connectivity index (χ1) is 5.85. The Morgan fingerprint density at radius 1 is 1.67 bits per heavy atom. The van der Waals surface area contributed by atoms with Crippen molar-refractivity contribution in [1.82, 2.24) is 5.32 Å². The van der Waals surface area contributed by atoms with E-state index in [0.29, 0.717) is 19.6 Å². The van der Waals surface area contributed by atoms with Gasteiger partial charge in [0.15, 0.2) is 0 Å². The maximum Gasteiger partial charge on any atom is 0.207 e. The first kappa shape index (κ1) is 11.2. The molecule has 0 aliphatic rings. The summed E-state index contributed by atoms with van der Waals surface area (Å²) in [6, 6.07) is 0.125. The van der Waals surface area contributed by atoms with E-state index in [4.69, 9.17) is 4.74 Å². The highest BCUT2D eigenvalue weighted by atomic mass is 16.5. The van der Waals surface area contributed by atoms with E-state index < -0.39 is 0 Å². The SMILES string of the molecule is C=CCCC(COCC)NC=O. The van der Waals surface area contributed by atoms with E-state index in [1.807, 2.05) is 13.0 Å². The molecule has 3 nitrogen and oxygen atoms in total. The number of carbonyl (C=O) groups excluding carboxylic acids is 1. The summed E-state index contributed by atoms with van der Waals surface area (Å²) in [6.45, 7) is 6.82. The highest BCUT2D eigenvalue weighted by molar-refractivity contribution is 5.46. The van der Waals surface area contributed by atoms with Gasteiger partial charge < -0.3 is 10.1 Å². The Hall–Kier alpha value is -0.830. The zero-order valence-electron chi connectivity index (χ0n) is 7.58. The van der Waals surface area contributed by atoms with Crippen molar-refractivity contribution in [3.05, 3.63) is 12.7 Å². The van der Waals surface area contributed by atoms with Crippen molar-refractivity contribution < 1.29 is 9.53 Å². The molecule has 0 aliphatic heterocycles. The van der Waals surface area contributed by atoms with E-state index in [1.165, 1.54) is 0 Å². The molecule has 0 aliphatic carbocycles. The van der Waals surface area contributed by atoms with Crippen molar-refractivity contribution in [2.24, 2.45) is 0 Å². The van der Waals surface area contributed by atoms with E-state index in [2.05, 4.69) is 11.9 Å². The Morgan fingerprint density at radius 2 is 2.42 bits per heavy atom. The van der Waals surface area contributed by atoms with Crippen LogP contribution in [0.2, 0.25) is 0 Å². The first-order valence-corrected chi connectivity index (χ1v) is 4.23. The molecule has 1 atom stereocenters. The van der Waals surface area contributed by atoms with Crippen molar-refractivity contribution in [3.8, 4) is 0 Å². The summed E-state index contributed by atoms with van der Waals surface area (Å²) in [5, 5.41) is 2.70. The predicted molar refractivity (Wildman–Crippen MR) is 48.9 cm³/mol. The summed E-state index contributed by atoms with van der Waals surface area (Å²) >= 11 is 0. The molecule has 0 saturated carbocycles. The lowest BCUT2D eigenvalue weighted by atomic mass is 10.2. The van der Waals surface area contributed by atoms with Crippen LogP contribution in [0.15, 0.2) is 12.7 Å². The van der Waals surface area contributed by atoms with Crippen LogP contribution >= 0.6 is 0 Å². The minimum absolute atomic E-state index is 0.125. The molecule has 1 N–H and O–H groups in total. The summed E-state index contributed by atoms with van der Waals surface area (Å²) in [6.07, 6.45) is 4.35. The number of hydrogen-bond acceptors (Lipinski definition) is 2. The second-order valence-corrected chi connectivity index (χ2v) is 2.51. The van der Waals surface area contributed by atoms with Gasteiger partial charge in [-0.25, -0.2) is 0 Å². The molecule has 0 spiro atoms. The smallest absolute Gasteiger partial charge is 0.207 e. The third-order valence-corrected chi connectivity index (χ3v) is 1.55. The van der Waals surface area contributed by atoms with Gasteiger partial charge in [-0.15, -0.1) is 6.58 Å². The van der Waals surface area contributed by atoms with Crippen LogP contribution in [0.25, 0.3) is 0 Å². The molecule has 0 saturated heterocycles. The number of ether oxygens (including phenoxy) is 1. The van der Waals surface area contributed by atoms with E-state index in [-0.39, 0.29) is 6.04 Å². The van der Waals surface area contributed by atoms with Gasteiger partial charge in [-0.3, -0.25) is 4.79 Å². The second kappa shape index (κ2) is 8.27. The standard InChI is InChI=1S/C9H17NO2/c1-3-5-6-9(10-8-11)7-12-4-2/h3,8-9H,1,4-7H2,2H3,(H,10,11). The summed E-state index contributed by atoms with van der Waals surface area (Å²) in [7, 11) is 0. The molecule has 0 aromatic carbocycles. The molecule has 3 heteroatoms. The van der Waals surface area contributed by atoms with Gasteiger partial charge in [0, 0.05) is 6.61 Å². The van der Waals surface area contributed by atoms with Crippen LogP contribution in [0.4, 0.5) is 0 Å². The Morgan fingerprint density at radius 3 is 2.92 bits per heavy atom. The van der Waals surface area contributed by atoms with Gasteiger partial charge in [0.1, 0.15) is 0 Å². The number of hydrogen-bond donors (Lipinski definition) is 1. The van der Waals surface area contributed by atoms with Crippen LogP contribution in [0.1, 0.15) is 19.8 Å². The van der Waals surface area contributed by atoms with Crippen molar-refractivity contribution in [2.45, 2.75) is 25.8 Å². The van der Waals surface area contributed by atoms with Gasteiger partial charge in [-0.1, -0.05) is 6.08 Å². The lowest BCUT2D eigenvalue weighted by Crippen LogP contribution is -2.32. The third kappa shape index (κ3) is 5.92. The number of allylic oxidation sites excluding steroid dienone is 1. The molecule has 1 unspecified atom stereocenters. The molecule has 1 amide bonds. The fraction of sp³-hybridized carbons (Fsp3) is 0.667. The number of carbonyl (C=O) groups is 1. The maximum absolute atomic E-state index is 10.1. The number of rotatable bonds is 8. The Labute approximate surface area is 73.8 Å². The van der Waals surface area contributed by atoms with Gasteiger partial charge in [-0.2, -0.15) is 0 Å². The lowest BCUT2D eigenvalue weighted by molar-refractivity contribution is -0.110. The average molecular weight is 171 g/mol. The minimum atomic E-state index is 0.125. The fourth-order valence-electron chi connectivity index (χ4n) is 0.890. The summed E-state index contributed by atoms with van der Waals surface area (Å²) in [5.41, 5.74) is 0. The molecule has 70 valence electrons. The third-order valence-electron chi connectivity index (χ3n) is 1.55. The van der Waals surface area contributed by atoms with Crippen LogP contribution in [-0.2, 0) is 9.53 Å². The number of nitrogens with one attached hydrogen (secondary N) is 1. The van der Waals surface area contributed by atoms with Crippen LogP contribution in [0.5, 0.6) is 0 Å². The van der Waals surface area contributed by atoms with Crippen LogP contribution in [-0.4, -0.2) is 25.7 Å². The largest absolute Gasteiger partial charge is 0.380 e. The molecule has 0 rings (SSSR count). The zero-order valence-corrected chi connectivity index (χ0v) is 7.58. The Balaban J connectivity index is 3.52. The average Bonchev–Trinajstić information content (AvgIpc) is 2.10. The molecule has 0 heterocycles. The quantitative estimate of drug-likeness (QED) is 0.439. The second-order valence-electron chi connectivity index (χ2n) is 2.51. The molecule has 0 fully saturated rings. The van der Waals surface area contributed by atoms with E-state index in [0.717, 1.165) is 12.8 Å². The highest BCUT2D eigenvalue weighted by Gasteiger charge is 2.04. The lowest BCUT2D eigenvalue weighted by Gasteiger charge is -2.14. The molecular weight excluding hydrogens is 154 g/mol. The molecule has 0 aromatic rings. The molecule has 0 bridgehead atoms. The van der Waals surface area contributed by atoms with Crippen LogP contribution < -0.4 is 5.32 Å². The van der Waals surface area contributed by atoms with Gasteiger partial charge in [0.25, 0.3) is 0 Å². The van der Waals surface area contributed by atoms with E-state index in [9.17, 15) is 4.79 Å². The maximum atomic E-state index is 10.1. The molecular formula is C9H17NO2. The highest BCUT2D eigenvalue weighted by Crippen LogP contribution is 1.97. The normalized spacial score (nSPS) is 12.1. The van der Waals surface area contributed by atoms with Gasteiger partial charge in [-0.05, 0) is 19.8 Å². The summed E-state index contributed by atoms with van der Waals surface area (Å²) in [4.78, 5) is 10.1. The van der Waals surface area contributed by atoms with Crippen LogP contribution in [0, 0.1) is 0 Å². The van der Waals surface area contributed by atoms with Crippen molar-refractivity contribution in [3.63, 3.8) is 0 Å². The predicted octanol–water partition coefficient (Wildman–Crippen LogP) is 1.10. The zero-order chi connectivity index (χ0) is 9.23. The van der Waals surface area contributed by atoms with Crippen LogP contribution in [0.3, 0.4) is 0 Å². The Kier molecular flexibility index (Phi) is 7.70. The molecule has 12 heavy (non-hydrogen) atoms. The monoisotopic (exact) mass is 171 g/mol. The summed E-state index contributed by atoms with van der Waals surface area (Å²) < 4.78 is 5.19. The number of amides is 1. The fourth-order valence-corrected chi connectivity index (χ4v) is 0.890. The summed E-state index contributed by atoms with van der Waals surface area (Å²) in [5.74, 6) is 0. The Bertz CT molecular complexity index is 126. The van der Waals surface area contributed by atoms with E-state index in [1.54, 1.807) is 0 Å². The first-order valence-electron chi connectivity index (χ1n) is 4.23. The van der Waals surface area contributed by atoms with Gasteiger partial charge in [0.2, 0.25) is 6.41 Å². The topological polar surface area (TPSA) is 38.3 Å². The molecule has 0 radical (unpaired) electrons. The van der Waals surface area contributed by atoms with Gasteiger partial charge >= 0.3 is 0 Å². The van der Waals surface area contributed by atoms with E-state index >= 15 is 0 Å². The van der Waals surface area contributed by atoms with Crippen molar-refractivity contribution in [2.75, 3.05) is 13.2 Å². The minimum Gasteiger partial charge on any atom is -0.380 e. The molecule has 0 aromatic heterocycles. The van der Waals surface area contributed by atoms with Gasteiger partial charge in [0.05, 0.1) is 12.6 Å².